The normalized spacial score (nSPS) is 31.2. The first-order valence-corrected chi connectivity index (χ1v) is 7.62. The van der Waals surface area contributed by atoms with Gasteiger partial charge in [0, 0.05) is 12.6 Å². The van der Waals surface area contributed by atoms with Crippen molar-refractivity contribution in [2.75, 3.05) is 20.6 Å². The van der Waals surface area contributed by atoms with E-state index in [1.165, 1.54) is 25.7 Å². The van der Waals surface area contributed by atoms with Crippen LogP contribution < -0.4 is 5.32 Å². The number of carbonyl (C=O) groups is 1. The smallest absolute Gasteiger partial charge is 0.325 e. The van der Waals surface area contributed by atoms with Gasteiger partial charge in [-0.25, -0.2) is 0 Å². The highest BCUT2D eigenvalue weighted by Crippen LogP contribution is 2.41. The number of likely N-dealkylation sites (N-methyl/N-ethyl adjacent to an activating group) is 2. The molecule has 110 valence electrons. The predicted molar refractivity (Wildman–Crippen MR) is 76.2 cm³/mol. The van der Waals surface area contributed by atoms with Crippen LogP contribution in [0, 0.1) is 11.8 Å². The number of hydrogen-bond donors (Lipinski definition) is 2. The molecule has 2 aliphatic carbocycles. The van der Waals surface area contributed by atoms with Gasteiger partial charge in [-0.3, -0.25) is 4.79 Å². The van der Waals surface area contributed by atoms with Crippen molar-refractivity contribution in [2.24, 2.45) is 11.8 Å². The minimum atomic E-state index is -0.741. The van der Waals surface area contributed by atoms with E-state index in [0.29, 0.717) is 18.5 Å². The lowest BCUT2D eigenvalue weighted by molar-refractivity contribution is -0.147. The average Bonchev–Trinajstić information content (AvgIpc) is 3.20. The molecule has 2 fully saturated rings. The lowest BCUT2D eigenvalue weighted by atomic mass is 9.85. The third-order valence-electron chi connectivity index (χ3n) is 5.13. The van der Waals surface area contributed by atoms with Crippen LogP contribution in [0.15, 0.2) is 0 Å². The standard InChI is InChI=1S/C15H28N2O2/c1-11-5-4-6-13(9-11)17(3)10-15(16-2,14(18)19)12-7-8-12/h11-13,16H,4-10H2,1-3H3,(H,18,19). The molecule has 0 bridgehead atoms. The molecule has 0 aromatic rings. The summed E-state index contributed by atoms with van der Waals surface area (Å²) >= 11 is 0. The first-order chi connectivity index (χ1) is 8.99. The fourth-order valence-corrected chi connectivity index (χ4v) is 3.66. The Balaban J connectivity index is 2.02. The maximum atomic E-state index is 11.7. The summed E-state index contributed by atoms with van der Waals surface area (Å²) in [7, 11) is 3.89. The van der Waals surface area contributed by atoms with Crippen molar-refractivity contribution in [3.8, 4) is 0 Å². The third-order valence-corrected chi connectivity index (χ3v) is 5.13. The van der Waals surface area contributed by atoms with Crippen LogP contribution in [0.3, 0.4) is 0 Å². The van der Waals surface area contributed by atoms with Crippen molar-refractivity contribution >= 4 is 5.97 Å². The van der Waals surface area contributed by atoms with Crippen LogP contribution in [-0.2, 0) is 4.79 Å². The molecule has 3 unspecified atom stereocenters. The number of rotatable bonds is 6. The molecule has 2 saturated carbocycles. The molecule has 3 atom stereocenters. The van der Waals surface area contributed by atoms with Crippen molar-refractivity contribution in [3.05, 3.63) is 0 Å². The van der Waals surface area contributed by atoms with Crippen LogP contribution >= 0.6 is 0 Å². The Bertz CT molecular complexity index is 330. The molecule has 0 spiro atoms. The monoisotopic (exact) mass is 268 g/mol. The van der Waals surface area contributed by atoms with E-state index in [1.54, 1.807) is 7.05 Å². The van der Waals surface area contributed by atoms with Gasteiger partial charge in [0.1, 0.15) is 5.54 Å². The molecule has 0 saturated heterocycles. The predicted octanol–water partition coefficient (Wildman–Crippen LogP) is 1.95. The molecule has 0 aromatic heterocycles. The zero-order chi connectivity index (χ0) is 14.0. The Labute approximate surface area is 116 Å². The molecular weight excluding hydrogens is 240 g/mol. The fourth-order valence-electron chi connectivity index (χ4n) is 3.66. The summed E-state index contributed by atoms with van der Waals surface area (Å²) < 4.78 is 0. The maximum absolute atomic E-state index is 11.7. The Morgan fingerprint density at radius 3 is 2.53 bits per heavy atom. The number of hydrogen-bond acceptors (Lipinski definition) is 3. The van der Waals surface area contributed by atoms with Gasteiger partial charge in [0.15, 0.2) is 0 Å². The molecule has 2 aliphatic rings. The molecule has 0 radical (unpaired) electrons. The number of nitrogens with zero attached hydrogens (tertiary/aromatic N) is 1. The van der Waals surface area contributed by atoms with E-state index in [1.807, 2.05) is 0 Å². The highest BCUT2D eigenvalue weighted by atomic mass is 16.4. The molecule has 2 N–H and O–H groups in total. The lowest BCUT2D eigenvalue weighted by Crippen LogP contribution is -2.60. The summed E-state index contributed by atoms with van der Waals surface area (Å²) in [6.45, 7) is 2.93. The summed E-state index contributed by atoms with van der Waals surface area (Å²) in [5.74, 6) is 0.391. The first kappa shape index (κ1) is 14.8. The second-order valence-corrected chi connectivity index (χ2v) is 6.64. The zero-order valence-electron chi connectivity index (χ0n) is 12.5. The number of aliphatic carboxylic acids is 1. The van der Waals surface area contributed by atoms with Gasteiger partial charge in [-0.1, -0.05) is 19.8 Å². The minimum Gasteiger partial charge on any atom is -0.480 e. The van der Waals surface area contributed by atoms with E-state index in [4.69, 9.17) is 0 Å². The molecule has 0 heterocycles. The molecule has 19 heavy (non-hydrogen) atoms. The Morgan fingerprint density at radius 2 is 2.05 bits per heavy atom. The van der Waals surface area contributed by atoms with E-state index < -0.39 is 11.5 Å². The highest BCUT2D eigenvalue weighted by molar-refractivity contribution is 5.80. The Morgan fingerprint density at radius 1 is 1.37 bits per heavy atom. The second-order valence-electron chi connectivity index (χ2n) is 6.64. The Hall–Kier alpha value is -0.610. The molecule has 4 nitrogen and oxygen atoms in total. The van der Waals surface area contributed by atoms with Gasteiger partial charge < -0.3 is 15.3 Å². The molecule has 0 aliphatic heterocycles. The molecule has 4 heteroatoms. The van der Waals surface area contributed by atoms with E-state index >= 15 is 0 Å². The van der Waals surface area contributed by atoms with Crippen LogP contribution in [0.2, 0.25) is 0 Å². The van der Waals surface area contributed by atoms with Crippen molar-refractivity contribution in [2.45, 2.75) is 57.0 Å². The van der Waals surface area contributed by atoms with Gasteiger partial charge in [-0.05, 0) is 51.6 Å². The van der Waals surface area contributed by atoms with Gasteiger partial charge in [0.2, 0.25) is 0 Å². The Kier molecular flexibility index (Phi) is 4.51. The van der Waals surface area contributed by atoms with Gasteiger partial charge in [-0.2, -0.15) is 0 Å². The number of carboxylic acid groups (broad SMARTS) is 1. The summed E-state index contributed by atoms with van der Waals surface area (Å²) in [5.41, 5.74) is -0.741. The van der Waals surface area contributed by atoms with Gasteiger partial charge in [0.05, 0.1) is 0 Å². The lowest BCUT2D eigenvalue weighted by Gasteiger charge is -2.40. The molecule has 2 rings (SSSR count). The second kappa shape index (κ2) is 5.80. The van der Waals surface area contributed by atoms with Crippen LogP contribution in [0.5, 0.6) is 0 Å². The maximum Gasteiger partial charge on any atom is 0.325 e. The summed E-state index contributed by atoms with van der Waals surface area (Å²) in [5, 5.41) is 12.8. The first-order valence-electron chi connectivity index (χ1n) is 7.62. The molecule has 0 amide bonds. The quantitative estimate of drug-likeness (QED) is 0.773. The summed E-state index contributed by atoms with van der Waals surface area (Å²) in [4.78, 5) is 14.0. The fraction of sp³-hybridized carbons (Fsp3) is 0.933. The van der Waals surface area contributed by atoms with Gasteiger partial charge in [0.25, 0.3) is 0 Å². The highest BCUT2D eigenvalue weighted by Gasteiger charge is 2.51. The van der Waals surface area contributed by atoms with Gasteiger partial charge >= 0.3 is 5.97 Å². The topological polar surface area (TPSA) is 52.6 Å². The zero-order valence-corrected chi connectivity index (χ0v) is 12.5. The molecular formula is C15H28N2O2. The van der Waals surface area contributed by atoms with E-state index in [9.17, 15) is 9.90 Å². The largest absolute Gasteiger partial charge is 0.480 e. The minimum absolute atomic E-state index is 0.304. The van der Waals surface area contributed by atoms with Crippen molar-refractivity contribution < 1.29 is 9.90 Å². The van der Waals surface area contributed by atoms with E-state index in [0.717, 1.165) is 18.8 Å². The van der Waals surface area contributed by atoms with Crippen molar-refractivity contribution in [1.82, 2.24) is 10.2 Å². The number of carboxylic acids is 1. The van der Waals surface area contributed by atoms with Crippen molar-refractivity contribution in [1.29, 1.82) is 0 Å². The van der Waals surface area contributed by atoms with Crippen LogP contribution in [0.25, 0.3) is 0 Å². The van der Waals surface area contributed by atoms with Crippen LogP contribution in [-0.4, -0.2) is 48.2 Å². The van der Waals surface area contributed by atoms with E-state index in [2.05, 4.69) is 24.2 Å². The number of nitrogens with one attached hydrogen (secondary N) is 1. The third kappa shape index (κ3) is 3.11. The molecule has 0 aromatic carbocycles. The SMILES string of the molecule is CNC(CN(C)C1CCCC(C)C1)(C(=O)O)C1CC1. The van der Waals surface area contributed by atoms with Gasteiger partial charge in [-0.15, -0.1) is 0 Å². The summed E-state index contributed by atoms with van der Waals surface area (Å²) in [6.07, 6.45) is 7.11. The van der Waals surface area contributed by atoms with Crippen LogP contribution in [0.1, 0.15) is 45.4 Å². The van der Waals surface area contributed by atoms with E-state index in [-0.39, 0.29) is 0 Å². The van der Waals surface area contributed by atoms with Crippen LogP contribution in [0.4, 0.5) is 0 Å². The summed E-state index contributed by atoms with van der Waals surface area (Å²) in [6, 6.07) is 0.551. The average molecular weight is 268 g/mol. The van der Waals surface area contributed by atoms with Crippen molar-refractivity contribution in [3.63, 3.8) is 0 Å².